The molecule has 0 atom stereocenters. The molecule has 0 saturated carbocycles. The van der Waals surface area contributed by atoms with Gasteiger partial charge in [0, 0.05) is 61.8 Å². The van der Waals surface area contributed by atoms with Gasteiger partial charge in [0.15, 0.2) is 0 Å². The van der Waals surface area contributed by atoms with Gasteiger partial charge in [-0.2, -0.15) is 4.98 Å². The van der Waals surface area contributed by atoms with Crippen molar-refractivity contribution in [2.24, 2.45) is 5.92 Å². The molecule has 0 aliphatic carbocycles. The normalized spacial score (nSPS) is 17.1. The molecular weight excluding hydrogens is 460 g/mol. The lowest BCUT2D eigenvalue weighted by Gasteiger charge is -2.41. The van der Waals surface area contributed by atoms with Gasteiger partial charge in [0.2, 0.25) is 5.95 Å². The van der Waals surface area contributed by atoms with E-state index in [4.69, 9.17) is 9.97 Å². The van der Waals surface area contributed by atoms with Crippen LogP contribution in [0.5, 0.6) is 0 Å². The van der Waals surface area contributed by atoms with Crippen LogP contribution >= 0.6 is 0 Å². The van der Waals surface area contributed by atoms with E-state index in [1.807, 2.05) is 12.3 Å². The summed E-state index contributed by atoms with van der Waals surface area (Å²) >= 11 is 0. The number of hydrogen-bond donors (Lipinski definition) is 1. The van der Waals surface area contributed by atoms with Gasteiger partial charge < -0.3 is 15.1 Å². The van der Waals surface area contributed by atoms with Crippen LogP contribution in [-0.2, 0) is 9.84 Å². The van der Waals surface area contributed by atoms with Crippen molar-refractivity contribution in [1.29, 1.82) is 0 Å². The van der Waals surface area contributed by atoms with Gasteiger partial charge >= 0.3 is 0 Å². The zero-order chi connectivity index (χ0) is 24.6. The lowest BCUT2D eigenvalue weighted by Crippen LogP contribution is -2.49. The predicted molar refractivity (Wildman–Crippen MR) is 143 cm³/mol. The summed E-state index contributed by atoms with van der Waals surface area (Å²) in [5.74, 6) is 3.05. The van der Waals surface area contributed by atoms with Gasteiger partial charge in [-0.25, -0.2) is 18.4 Å². The zero-order valence-corrected chi connectivity index (χ0v) is 21.6. The fourth-order valence-corrected chi connectivity index (χ4v) is 6.26. The van der Waals surface area contributed by atoms with Crippen LogP contribution in [0.25, 0.3) is 10.8 Å². The summed E-state index contributed by atoms with van der Waals surface area (Å²) in [5, 5.41) is 5.63. The number of hydrogen-bond acceptors (Lipinski definition) is 8. The molecule has 1 N–H and O–H groups in total. The molecule has 0 spiro atoms. The van der Waals surface area contributed by atoms with E-state index in [0.717, 1.165) is 60.2 Å². The Kier molecular flexibility index (Phi) is 6.53. The molecule has 0 unspecified atom stereocenters. The topological polar surface area (TPSA) is 91.3 Å². The maximum atomic E-state index is 11.7. The lowest BCUT2D eigenvalue weighted by atomic mass is 9.93. The average Bonchev–Trinajstić information content (AvgIpc) is 2.80. The first-order valence-corrected chi connectivity index (χ1v) is 14.5. The van der Waals surface area contributed by atoms with Crippen molar-refractivity contribution in [2.75, 3.05) is 53.3 Å². The van der Waals surface area contributed by atoms with Crippen molar-refractivity contribution in [2.45, 2.75) is 39.0 Å². The minimum absolute atomic E-state index is 0.186. The standard InChI is InChI=1S/C26H34N6O2S/c1-18(2)20-7-8-23(32-15-19(16-32)17-35(3,33)34)22-14-28-25(13-21(20)22)29-24-9-10-27-26(30-24)31-11-5-4-6-12-31/h7-10,13-14,18-19H,4-6,11-12,15-17H2,1-3H3,(H,27,28,29,30). The highest BCUT2D eigenvalue weighted by atomic mass is 32.2. The Hall–Kier alpha value is -2.94. The molecular formula is C26H34N6O2S. The number of anilines is 4. The van der Waals surface area contributed by atoms with Gasteiger partial charge in [0.1, 0.15) is 21.5 Å². The van der Waals surface area contributed by atoms with Gasteiger partial charge in [0.25, 0.3) is 0 Å². The van der Waals surface area contributed by atoms with E-state index >= 15 is 0 Å². The monoisotopic (exact) mass is 494 g/mol. The molecule has 8 nitrogen and oxygen atoms in total. The molecule has 2 saturated heterocycles. The van der Waals surface area contributed by atoms with Crippen LogP contribution in [0.4, 0.5) is 23.3 Å². The zero-order valence-electron chi connectivity index (χ0n) is 20.7. The van der Waals surface area contributed by atoms with Crippen molar-refractivity contribution < 1.29 is 8.42 Å². The molecule has 2 aliphatic heterocycles. The number of benzene rings is 1. The van der Waals surface area contributed by atoms with E-state index in [1.54, 1.807) is 6.20 Å². The second-order valence-electron chi connectivity index (χ2n) is 10.2. The number of pyridine rings is 1. The van der Waals surface area contributed by atoms with E-state index < -0.39 is 9.84 Å². The Morgan fingerprint density at radius 1 is 1.00 bits per heavy atom. The van der Waals surface area contributed by atoms with Crippen molar-refractivity contribution in [1.82, 2.24) is 15.0 Å². The fourth-order valence-electron chi connectivity index (χ4n) is 5.19. The number of fused-ring (bicyclic) bond motifs is 1. The first-order chi connectivity index (χ1) is 16.8. The molecule has 0 bridgehead atoms. The molecule has 2 fully saturated rings. The summed E-state index contributed by atoms with van der Waals surface area (Å²) in [4.78, 5) is 18.4. The van der Waals surface area contributed by atoms with Gasteiger partial charge in [-0.1, -0.05) is 19.9 Å². The average molecular weight is 495 g/mol. The molecule has 186 valence electrons. The van der Waals surface area contributed by atoms with Gasteiger partial charge in [-0.3, -0.25) is 0 Å². The molecule has 9 heteroatoms. The maximum Gasteiger partial charge on any atom is 0.227 e. The number of rotatable bonds is 7. The summed E-state index contributed by atoms with van der Waals surface area (Å²) in [6.45, 7) is 7.90. The van der Waals surface area contributed by atoms with Gasteiger partial charge in [0.05, 0.1) is 5.75 Å². The highest BCUT2D eigenvalue weighted by molar-refractivity contribution is 7.90. The number of nitrogens with one attached hydrogen (secondary N) is 1. The second-order valence-corrected chi connectivity index (χ2v) is 12.4. The molecule has 35 heavy (non-hydrogen) atoms. The SMILES string of the molecule is CC(C)c1ccc(N2CC(CS(C)(=O)=O)C2)c2cnc(Nc3ccnc(N4CCCCC4)n3)cc12. The summed E-state index contributed by atoms with van der Waals surface area (Å²) in [6.07, 6.45) is 8.67. The van der Waals surface area contributed by atoms with Crippen LogP contribution in [0.2, 0.25) is 0 Å². The molecule has 0 amide bonds. The summed E-state index contributed by atoms with van der Waals surface area (Å²) in [7, 11) is -2.96. The fraction of sp³-hybridized carbons (Fsp3) is 0.500. The summed E-state index contributed by atoms with van der Waals surface area (Å²) in [6, 6.07) is 8.32. The van der Waals surface area contributed by atoms with E-state index in [9.17, 15) is 8.42 Å². The predicted octanol–water partition coefficient (Wildman–Crippen LogP) is 4.36. The van der Waals surface area contributed by atoms with Crippen molar-refractivity contribution >= 4 is 43.9 Å². The molecule has 4 heterocycles. The third-order valence-corrected chi connectivity index (χ3v) is 7.98. The quantitative estimate of drug-likeness (QED) is 0.518. The Balaban J connectivity index is 1.41. The first kappa shape index (κ1) is 23.8. The summed E-state index contributed by atoms with van der Waals surface area (Å²) in [5.41, 5.74) is 2.38. The highest BCUT2D eigenvalue weighted by Gasteiger charge is 2.31. The Morgan fingerprint density at radius 3 is 2.49 bits per heavy atom. The van der Waals surface area contributed by atoms with E-state index in [2.05, 4.69) is 52.1 Å². The Bertz CT molecular complexity index is 1310. The van der Waals surface area contributed by atoms with E-state index in [-0.39, 0.29) is 11.7 Å². The number of sulfone groups is 1. The third kappa shape index (κ3) is 5.34. The smallest absolute Gasteiger partial charge is 0.227 e. The second kappa shape index (κ2) is 9.60. The molecule has 3 aromatic rings. The lowest BCUT2D eigenvalue weighted by molar-refractivity contribution is 0.445. The molecule has 0 radical (unpaired) electrons. The molecule has 2 aromatic heterocycles. The van der Waals surface area contributed by atoms with Crippen LogP contribution in [0.15, 0.2) is 36.7 Å². The largest absolute Gasteiger partial charge is 0.370 e. The van der Waals surface area contributed by atoms with Crippen LogP contribution < -0.4 is 15.1 Å². The number of piperidine rings is 1. The number of nitrogens with zero attached hydrogens (tertiary/aromatic N) is 5. The van der Waals surface area contributed by atoms with Gasteiger partial charge in [-0.15, -0.1) is 0 Å². The minimum Gasteiger partial charge on any atom is -0.370 e. The van der Waals surface area contributed by atoms with Gasteiger partial charge in [-0.05, 0) is 54.3 Å². The molecule has 5 rings (SSSR count). The molecule has 1 aromatic carbocycles. The Labute approximate surface area is 207 Å². The summed E-state index contributed by atoms with van der Waals surface area (Å²) < 4.78 is 23.3. The number of aromatic nitrogens is 3. The van der Waals surface area contributed by atoms with Crippen LogP contribution in [0.3, 0.4) is 0 Å². The van der Waals surface area contributed by atoms with Crippen LogP contribution in [-0.4, -0.2) is 61.6 Å². The minimum atomic E-state index is -2.96. The van der Waals surface area contributed by atoms with Crippen molar-refractivity contribution in [3.63, 3.8) is 0 Å². The third-order valence-electron chi connectivity index (χ3n) is 6.91. The van der Waals surface area contributed by atoms with Crippen molar-refractivity contribution in [3.8, 4) is 0 Å². The van der Waals surface area contributed by atoms with E-state index in [1.165, 1.54) is 31.1 Å². The first-order valence-electron chi connectivity index (χ1n) is 12.5. The maximum absolute atomic E-state index is 11.7. The Morgan fingerprint density at radius 2 is 1.77 bits per heavy atom. The molecule has 2 aliphatic rings. The van der Waals surface area contributed by atoms with Crippen molar-refractivity contribution in [3.05, 3.63) is 42.2 Å². The van der Waals surface area contributed by atoms with Crippen LogP contribution in [0, 0.1) is 5.92 Å². The van der Waals surface area contributed by atoms with E-state index in [0.29, 0.717) is 5.92 Å². The highest BCUT2D eigenvalue weighted by Crippen LogP contribution is 2.37. The van der Waals surface area contributed by atoms with Crippen LogP contribution in [0.1, 0.15) is 44.6 Å².